The lowest BCUT2D eigenvalue weighted by atomic mass is 9.59. The number of fused-ring (bicyclic) bond motifs is 2. The topological polar surface area (TPSA) is 172 Å². The monoisotopic (exact) mass is 823 g/mol. The second kappa shape index (κ2) is 16.4. The van der Waals surface area contributed by atoms with Crippen LogP contribution >= 0.6 is 0 Å². The Balaban J connectivity index is 0.851. The lowest BCUT2D eigenvalue weighted by Gasteiger charge is -2.54. The van der Waals surface area contributed by atoms with E-state index < -0.39 is 29.7 Å². The van der Waals surface area contributed by atoms with Gasteiger partial charge in [0, 0.05) is 56.5 Å². The molecule has 1 saturated carbocycles. The predicted octanol–water partition coefficient (Wildman–Crippen LogP) is 2.92. The summed E-state index contributed by atoms with van der Waals surface area (Å²) < 4.78 is 19.2. The van der Waals surface area contributed by atoms with Gasteiger partial charge in [0.05, 0.1) is 37.5 Å². The number of piperidine rings is 2. The van der Waals surface area contributed by atoms with Crippen molar-refractivity contribution in [2.75, 3.05) is 61.1 Å². The molecule has 2 N–H and O–H groups in total. The highest BCUT2D eigenvalue weighted by Crippen LogP contribution is 2.49. The Kier molecular flexibility index (Phi) is 11.2. The molecular weight excluding hydrogens is 771 g/mol. The van der Waals surface area contributed by atoms with E-state index in [2.05, 4.69) is 20.4 Å². The van der Waals surface area contributed by atoms with Gasteiger partial charge in [-0.3, -0.25) is 39.1 Å². The first-order chi connectivity index (χ1) is 28.8. The molecule has 16 heteroatoms. The Morgan fingerprint density at radius 3 is 2.25 bits per heavy atom. The minimum Gasteiger partial charge on any atom is -0.496 e. The average Bonchev–Trinajstić information content (AvgIpc) is 3.48. The zero-order valence-electron chi connectivity index (χ0n) is 34.9. The zero-order valence-corrected chi connectivity index (χ0v) is 34.9. The van der Waals surface area contributed by atoms with Gasteiger partial charge in [0.25, 0.3) is 17.4 Å². The lowest BCUT2D eigenvalue weighted by molar-refractivity contribution is -0.136. The summed E-state index contributed by atoms with van der Waals surface area (Å²) in [5, 5.41) is 5.56. The molecule has 2 unspecified atom stereocenters. The van der Waals surface area contributed by atoms with Crippen molar-refractivity contribution < 1.29 is 38.2 Å². The molecule has 16 nitrogen and oxygen atoms in total. The third-order valence-electron chi connectivity index (χ3n) is 13.2. The van der Waals surface area contributed by atoms with E-state index in [1.54, 1.807) is 48.9 Å². The fourth-order valence-corrected chi connectivity index (χ4v) is 9.65. The minimum atomic E-state index is -1.02. The molecule has 318 valence electrons. The first kappa shape index (κ1) is 41.0. The molecule has 5 heterocycles. The maximum absolute atomic E-state index is 13.8. The van der Waals surface area contributed by atoms with Crippen molar-refractivity contribution >= 4 is 29.7 Å². The number of ether oxygens (including phenoxy) is 3. The van der Waals surface area contributed by atoms with Crippen LogP contribution in [-0.2, 0) is 36.1 Å². The van der Waals surface area contributed by atoms with Gasteiger partial charge >= 0.3 is 6.03 Å². The second-order valence-corrected chi connectivity index (χ2v) is 16.9. The number of carbonyl (C=O) groups is 5. The molecule has 4 aliphatic heterocycles. The van der Waals surface area contributed by atoms with E-state index in [0.29, 0.717) is 55.5 Å². The maximum atomic E-state index is 13.8. The Labute approximate surface area is 348 Å². The van der Waals surface area contributed by atoms with Crippen LogP contribution in [-0.4, -0.2) is 127 Å². The van der Waals surface area contributed by atoms with E-state index in [4.69, 9.17) is 14.2 Å². The van der Waals surface area contributed by atoms with Crippen molar-refractivity contribution in [1.29, 1.82) is 0 Å². The average molecular weight is 824 g/mol. The van der Waals surface area contributed by atoms with Gasteiger partial charge in [-0.25, -0.2) is 4.79 Å². The SMILES string of the molecule is COc1cc(-c2cn(C)c(=O)c3c2CCN(C(=O)NC2CCC24CCN(CCOc2ccc5c(c2)C(=O)N(C2CCC(=O)NC2=O)C5=O)CC4)C3)cc(OC)c1CN(C)C. The highest BCUT2D eigenvalue weighted by Gasteiger charge is 2.49. The number of aromatic nitrogens is 1. The largest absolute Gasteiger partial charge is 0.496 e. The maximum Gasteiger partial charge on any atom is 0.317 e. The number of methoxy groups -OCH3 is 2. The Morgan fingerprint density at radius 1 is 0.883 bits per heavy atom. The van der Waals surface area contributed by atoms with E-state index in [1.165, 1.54) is 0 Å². The number of nitrogens with zero attached hydrogens (tertiary/aromatic N) is 5. The molecule has 2 aromatic carbocycles. The number of benzene rings is 2. The molecule has 60 heavy (non-hydrogen) atoms. The number of likely N-dealkylation sites (tertiary alicyclic amines) is 1. The molecule has 6 amide bonds. The van der Waals surface area contributed by atoms with Crippen LogP contribution in [0.1, 0.15) is 75.9 Å². The van der Waals surface area contributed by atoms with Crippen molar-refractivity contribution in [1.82, 2.24) is 34.8 Å². The normalized spacial score (nSPS) is 21.1. The van der Waals surface area contributed by atoms with Crippen molar-refractivity contribution in [2.45, 2.75) is 70.1 Å². The van der Waals surface area contributed by atoms with Gasteiger partial charge in [0.1, 0.15) is 29.9 Å². The van der Waals surface area contributed by atoms with Crippen molar-refractivity contribution in [2.24, 2.45) is 12.5 Å². The number of urea groups is 1. The number of carbonyl (C=O) groups excluding carboxylic acids is 5. The third kappa shape index (κ3) is 7.51. The number of pyridine rings is 1. The molecule has 1 aliphatic carbocycles. The Morgan fingerprint density at radius 2 is 1.60 bits per heavy atom. The zero-order chi connectivity index (χ0) is 42.5. The fourth-order valence-electron chi connectivity index (χ4n) is 9.65. The van der Waals surface area contributed by atoms with Crippen LogP contribution in [0, 0.1) is 5.41 Å². The third-order valence-corrected chi connectivity index (χ3v) is 13.2. The van der Waals surface area contributed by atoms with Crippen LogP contribution in [0.5, 0.6) is 17.2 Å². The van der Waals surface area contributed by atoms with Crippen molar-refractivity contribution in [3.8, 4) is 28.4 Å². The number of nitrogens with one attached hydrogen (secondary N) is 2. The smallest absolute Gasteiger partial charge is 0.317 e. The summed E-state index contributed by atoms with van der Waals surface area (Å²) in [6.45, 7) is 4.13. The number of aryl methyl sites for hydroxylation is 1. The van der Waals surface area contributed by atoms with E-state index in [9.17, 15) is 28.8 Å². The summed E-state index contributed by atoms with van der Waals surface area (Å²) >= 11 is 0. The van der Waals surface area contributed by atoms with Crippen LogP contribution in [0.15, 0.2) is 41.3 Å². The van der Waals surface area contributed by atoms with Crippen molar-refractivity contribution in [3.05, 3.63) is 74.7 Å². The van der Waals surface area contributed by atoms with Crippen molar-refractivity contribution in [3.63, 3.8) is 0 Å². The fraction of sp³-hybridized carbons (Fsp3) is 0.500. The summed E-state index contributed by atoms with van der Waals surface area (Å²) in [5.74, 6) is -0.301. The molecule has 5 aliphatic rings. The van der Waals surface area contributed by atoms with Gasteiger partial charge in [-0.1, -0.05) is 0 Å². The molecule has 3 fully saturated rings. The van der Waals surface area contributed by atoms with E-state index in [0.717, 1.165) is 65.9 Å². The standard InChI is InChI=1S/C44H53N7O9/c1-47(2)23-33-35(58-4)20-26(21-36(33)59-5)31-24-48(3)40(54)32-25-50(15-11-28(31)32)43(57)45-37-10-12-44(37)13-16-49(17-14-44)18-19-60-27-6-7-29-30(22-27)42(56)51(41(29)55)34-8-9-38(52)46-39(34)53/h6-7,20-22,24,34,37H,8-19,23,25H2,1-5H3,(H,45,57)(H,46,52,53). The summed E-state index contributed by atoms with van der Waals surface area (Å²) in [4.78, 5) is 84.7. The molecular formula is C44H53N7O9. The van der Waals surface area contributed by atoms with Crippen LogP contribution in [0.4, 0.5) is 4.79 Å². The Hall–Kier alpha value is -5.74. The molecule has 2 atom stereocenters. The van der Waals surface area contributed by atoms with E-state index in [-0.39, 0.29) is 53.6 Å². The molecule has 3 aromatic rings. The van der Waals surface area contributed by atoms with Gasteiger partial charge < -0.3 is 33.9 Å². The number of amides is 6. The molecule has 1 spiro atoms. The first-order valence-corrected chi connectivity index (χ1v) is 20.7. The van der Waals surface area contributed by atoms with Gasteiger partial charge in [0.2, 0.25) is 11.8 Å². The van der Waals surface area contributed by atoms with Crippen LogP contribution in [0.25, 0.3) is 11.1 Å². The van der Waals surface area contributed by atoms with Crippen LogP contribution in [0.2, 0.25) is 0 Å². The first-order valence-electron chi connectivity index (χ1n) is 20.7. The van der Waals surface area contributed by atoms with E-state index >= 15 is 0 Å². The lowest BCUT2D eigenvalue weighted by Crippen LogP contribution is -2.61. The minimum absolute atomic E-state index is 0.0299. The summed E-state index contributed by atoms with van der Waals surface area (Å²) in [6.07, 6.45) is 6.42. The molecule has 2 saturated heterocycles. The van der Waals surface area contributed by atoms with Gasteiger partial charge in [-0.2, -0.15) is 0 Å². The molecule has 8 rings (SSSR count). The number of hydrogen-bond donors (Lipinski definition) is 2. The van der Waals surface area contributed by atoms with Gasteiger partial charge in [-0.05, 0) is 113 Å². The van der Waals surface area contributed by atoms with Gasteiger partial charge in [0.15, 0.2) is 0 Å². The quantitative estimate of drug-likeness (QED) is 0.273. The second-order valence-electron chi connectivity index (χ2n) is 16.9. The highest BCUT2D eigenvalue weighted by atomic mass is 16.5. The predicted molar refractivity (Wildman–Crippen MR) is 220 cm³/mol. The van der Waals surface area contributed by atoms with Crippen LogP contribution in [0.3, 0.4) is 0 Å². The molecule has 0 bridgehead atoms. The summed E-state index contributed by atoms with van der Waals surface area (Å²) in [6, 6.07) is 7.65. The van der Waals surface area contributed by atoms with Gasteiger partial charge in [-0.15, -0.1) is 0 Å². The number of hydrogen-bond acceptors (Lipinski definition) is 11. The van der Waals surface area contributed by atoms with Crippen LogP contribution < -0.4 is 30.4 Å². The Bertz CT molecular complexity index is 2290. The number of imide groups is 2. The molecule has 0 radical (unpaired) electrons. The number of rotatable bonds is 11. The summed E-state index contributed by atoms with van der Waals surface area (Å²) in [5.41, 5.74) is 4.64. The molecule has 1 aromatic heterocycles. The summed E-state index contributed by atoms with van der Waals surface area (Å²) in [7, 11) is 9.02. The van der Waals surface area contributed by atoms with E-state index in [1.807, 2.05) is 32.4 Å². The highest BCUT2D eigenvalue weighted by molar-refractivity contribution is 6.23.